The largest absolute Gasteiger partial charge is 0.458 e. The van der Waals surface area contributed by atoms with Gasteiger partial charge in [-0.3, -0.25) is 9.59 Å². The van der Waals surface area contributed by atoms with E-state index in [0.717, 1.165) is 0 Å². The smallest absolute Gasteiger partial charge is 0.393 e. The van der Waals surface area contributed by atoms with Gasteiger partial charge in [0, 0.05) is 11.8 Å². The van der Waals surface area contributed by atoms with Crippen molar-refractivity contribution in [3.8, 4) is 0 Å². The Bertz CT molecular complexity index is 513. The van der Waals surface area contributed by atoms with Gasteiger partial charge >= 0.3 is 18.1 Å². The van der Waals surface area contributed by atoms with E-state index in [2.05, 4.69) is 0 Å². The molecule has 3 rings (SSSR count). The predicted octanol–water partition coefficient (Wildman–Crippen LogP) is 2.70. The van der Waals surface area contributed by atoms with E-state index in [9.17, 15) is 22.8 Å². The van der Waals surface area contributed by atoms with Crippen molar-refractivity contribution >= 4 is 11.9 Å². The fraction of sp³-hybridized carbons (Fsp3) is 0.867. The summed E-state index contributed by atoms with van der Waals surface area (Å²) in [4.78, 5) is 24.0. The Morgan fingerprint density at radius 2 is 1.95 bits per heavy atom. The highest BCUT2D eigenvalue weighted by molar-refractivity contribution is 5.79. The van der Waals surface area contributed by atoms with Crippen molar-refractivity contribution in [2.45, 2.75) is 52.0 Å². The fourth-order valence-electron chi connectivity index (χ4n) is 4.02. The number of halogens is 3. The molecule has 6 unspecified atom stereocenters. The Labute approximate surface area is 126 Å². The van der Waals surface area contributed by atoms with Crippen molar-refractivity contribution < 1.29 is 32.2 Å². The van der Waals surface area contributed by atoms with Crippen LogP contribution in [0.4, 0.5) is 13.2 Å². The van der Waals surface area contributed by atoms with Crippen molar-refractivity contribution in [3.63, 3.8) is 0 Å². The summed E-state index contributed by atoms with van der Waals surface area (Å²) in [6.07, 6.45) is -5.42. The number of carbonyl (C=O) groups excluding carboxylic acids is 2. The third-order valence-corrected chi connectivity index (χ3v) is 5.60. The summed E-state index contributed by atoms with van der Waals surface area (Å²) in [5.74, 6) is -5.56. The second kappa shape index (κ2) is 4.61. The summed E-state index contributed by atoms with van der Waals surface area (Å²) in [6, 6.07) is 0. The van der Waals surface area contributed by atoms with Gasteiger partial charge in [-0.05, 0) is 26.7 Å². The summed E-state index contributed by atoms with van der Waals surface area (Å²) in [5, 5.41) is 0. The normalized spacial score (nSPS) is 40.0. The quantitative estimate of drug-likeness (QED) is 0.750. The van der Waals surface area contributed by atoms with Crippen molar-refractivity contribution in [2.24, 2.45) is 29.1 Å². The van der Waals surface area contributed by atoms with E-state index in [1.54, 1.807) is 13.8 Å². The van der Waals surface area contributed by atoms with Gasteiger partial charge < -0.3 is 9.47 Å². The number of rotatable bonds is 3. The molecule has 0 spiro atoms. The van der Waals surface area contributed by atoms with Crippen molar-refractivity contribution in [1.29, 1.82) is 0 Å². The topological polar surface area (TPSA) is 52.6 Å². The van der Waals surface area contributed by atoms with Crippen LogP contribution in [0.25, 0.3) is 0 Å². The molecule has 0 aromatic heterocycles. The number of esters is 2. The first-order valence-corrected chi connectivity index (χ1v) is 7.56. The Kier molecular flexibility index (Phi) is 3.28. The molecule has 7 heteroatoms. The molecular weight excluding hydrogens is 301 g/mol. The molecule has 0 aromatic carbocycles. The lowest BCUT2D eigenvalue weighted by molar-refractivity contribution is -0.213. The van der Waals surface area contributed by atoms with Gasteiger partial charge in [-0.2, -0.15) is 13.2 Å². The molecule has 2 aliphatic carbocycles. The highest BCUT2D eigenvalue weighted by Gasteiger charge is 2.73. The van der Waals surface area contributed by atoms with Crippen LogP contribution in [0, 0.1) is 29.1 Å². The average molecular weight is 320 g/mol. The minimum atomic E-state index is -4.48. The number of alkyl halides is 3. The van der Waals surface area contributed by atoms with E-state index in [-0.39, 0.29) is 6.42 Å². The van der Waals surface area contributed by atoms with E-state index in [1.165, 1.54) is 0 Å². The van der Waals surface area contributed by atoms with Crippen LogP contribution in [-0.2, 0) is 19.1 Å². The zero-order valence-electron chi connectivity index (χ0n) is 12.6. The summed E-state index contributed by atoms with van der Waals surface area (Å²) < 4.78 is 50.4. The van der Waals surface area contributed by atoms with Gasteiger partial charge in [0.2, 0.25) is 0 Å². The second-order valence-electron chi connectivity index (χ2n) is 7.17. The molecule has 22 heavy (non-hydrogen) atoms. The molecule has 3 aliphatic rings. The minimum Gasteiger partial charge on any atom is -0.458 e. The van der Waals surface area contributed by atoms with E-state index in [1.807, 2.05) is 6.92 Å². The second-order valence-corrected chi connectivity index (χ2v) is 7.17. The highest BCUT2D eigenvalue weighted by Crippen LogP contribution is 2.62. The average Bonchev–Trinajstić information content (AvgIpc) is 3.00. The number of hydrogen-bond donors (Lipinski definition) is 0. The van der Waals surface area contributed by atoms with E-state index in [4.69, 9.17) is 9.47 Å². The van der Waals surface area contributed by atoms with E-state index in [0.29, 0.717) is 6.42 Å². The predicted molar refractivity (Wildman–Crippen MR) is 68.5 cm³/mol. The number of carbonyl (C=O) groups is 2. The number of fused-ring (bicyclic) bond motifs is 1. The van der Waals surface area contributed by atoms with Crippen LogP contribution in [0.15, 0.2) is 0 Å². The van der Waals surface area contributed by atoms with Gasteiger partial charge in [0.1, 0.15) is 12.2 Å². The first-order valence-electron chi connectivity index (χ1n) is 7.56. The third kappa shape index (κ3) is 2.04. The summed E-state index contributed by atoms with van der Waals surface area (Å²) in [5.41, 5.74) is -0.766. The molecule has 4 nitrogen and oxygen atoms in total. The molecule has 1 aliphatic heterocycles. The molecular formula is C15H19F3O4. The monoisotopic (exact) mass is 320 g/mol. The van der Waals surface area contributed by atoms with Crippen LogP contribution < -0.4 is 0 Å². The molecule has 1 saturated heterocycles. The van der Waals surface area contributed by atoms with Gasteiger partial charge in [-0.1, -0.05) is 6.92 Å². The lowest BCUT2D eigenvalue weighted by atomic mass is 9.78. The standard InChI is InChI=1S/C15H19F3O4/c1-4-14(2,3)13(20)22-11-7-5-6-8(9(7)15(16,17)18)12(19)21-10(6)11/h6-11H,4-5H2,1-3H3. The molecule has 0 radical (unpaired) electrons. The zero-order valence-corrected chi connectivity index (χ0v) is 12.6. The molecule has 2 bridgehead atoms. The van der Waals surface area contributed by atoms with Gasteiger partial charge in [0.05, 0.1) is 17.3 Å². The Morgan fingerprint density at radius 1 is 1.32 bits per heavy atom. The molecule has 3 fully saturated rings. The fourth-order valence-corrected chi connectivity index (χ4v) is 4.02. The molecule has 2 saturated carbocycles. The van der Waals surface area contributed by atoms with Crippen LogP contribution in [0.3, 0.4) is 0 Å². The van der Waals surface area contributed by atoms with Crippen molar-refractivity contribution in [3.05, 3.63) is 0 Å². The first-order chi connectivity index (χ1) is 10.1. The van der Waals surface area contributed by atoms with Gasteiger partial charge in [0.25, 0.3) is 0 Å². The molecule has 124 valence electrons. The molecule has 0 amide bonds. The van der Waals surface area contributed by atoms with Gasteiger partial charge in [-0.25, -0.2) is 0 Å². The SMILES string of the molecule is CCC(C)(C)C(=O)OC1C2CC3C1OC(=O)C3C2C(F)(F)F. The Morgan fingerprint density at radius 3 is 2.50 bits per heavy atom. The first kappa shape index (κ1) is 15.6. The van der Waals surface area contributed by atoms with Crippen LogP contribution in [0.5, 0.6) is 0 Å². The van der Waals surface area contributed by atoms with Crippen molar-refractivity contribution in [2.75, 3.05) is 0 Å². The minimum absolute atomic E-state index is 0.232. The Balaban J connectivity index is 1.86. The molecule has 0 aromatic rings. The van der Waals surface area contributed by atoms with E-state index >= 15 is 0 Å². The zero-order chi connectivity index (χ0) is 16.4. The summed E-state index contributed by atoms with van der Waals surface area (Å²) >= 11 is 0. The molecule has 0 N–H and O–H groups in total. The maximum Gasteiger partial charge on any atom is 0.393 e. The number of ether oxygens (including phenoxy) is 2. The number of hydrogen-bond acceptors (Lipinski definition) is 4. The van der Waals surface area contributed by atoms with Crippen LogP contribution >= 0.6 is 0 Å². The lowest BCUT2D eigenvalue weighted by Gasteiger charge is -2.34. The summed E-state index contributed by atoms with van der Waals surface area (Å²) in [7, 11) is 0. The van der Waals surface area contributed by atoms with Gasteiger partial charge in [0.15, 0.2) is 0 Å². The van der Waals surface area contributed by atoms with Gasteiger partial charge in [-0.15, -0.1) is 0 Å². The van der Waals surface area contributed by atoms with Crippen molar-refractivity contribution in [1.82, 2.24) is 0 Å². The lowest BCUT2D eigenvalue weighted by Crippen LogP contribution is -2.46. The maximum absolute atomic E-state index is 13.3. The summed E-state index contributed by atoms with van der Waals surface area (Å²) in [6.45, 7) is 5.19. The Hall–Kier alpha value is -1.27. The molecule has 6 atom stereocenters. The van der Waals surface area contributed by atoms with Crippen LogP contribution in [0.2, 0.25) is 0 Å². The highest BCUT2D eigenvalue weighted by atomic mass is 19.4. The molecule has 1 heterocycles. The van der Waals surface area contributed by atoms with Crippen LogP contribution in [-0.4, -0.2) is 30.3 Å². The third-order valence-electron chi connectivity index (χ3n) is 5.60. The van der Waals surface area contributed by atoms with E-state index < -0.39 is 59.4 Å². The van der Waals surface area contributed by atoms with Crippen LogP contribution in [0.1, 0.15) is 33.6 Å². The maximum atomic E-state index is 13.3.